The second-order valence-corrected chi connectivity index (χ2v) is 11.4. The molecule has 0 spiro atoms. The van der Waals surface area contributed by atoms with E-state index in [0.717, 1.165) is 50.3 Å². The molecule has 6 aromatic rings. The zero-order chi connectivity index (χ0) is 33.5. The lowest BCUT2D eigenvalue weighted by Crippen LogP contribution is -2.11. The Labute approximate surface area is 256 Å². The molecule has 3 N–H and O–H groups in total. The molecular weight excluding hydrogens is 508 g/mol. The Morgan fingerprint density at radius 2 is 1.14 bits per heavy atom. The van der Waals surface area contributed by atoms with Gasteiger partial charge in [-0.15, -0.1) is 0 Å². The second kappa shape index (κ2) is 11.4. The number of nitrogens with one attached hydrogen (secondary N) is 1. The van der Waals surface area contributed by atoms with Gasteiger partial charge in [0.2, 0.25) is 0 Å². The molecule has 0 aliphatic heterocycles. The van der Waals surface area contributed by atoms with E-state index >= 15 is 0 Å². The van der Waals surface area contributed by atoms with E-state index in [1.54, 1.807) is 0 Å². The summed E-state index contributed by atoms with van der Waals surface area (Å²) in [5.41, 5.74) is 16.0. The van der Waals surface area contributed by atoms with E-state index in [0.29, 0.717) is 11.3 Å². The van der Waals surface area contributed by atoms with Crippen molar-refractivity contribution in [2.75, 3.05) is 11.1 Å². The lowest BCUT2D eigenvalue weighted by atomic mass is 9.82. The van der Waals surface area contributed by atoms with Gasteiger partial charge in [0.05, 0.1) is 23.9 Å². The minimum Gasteiger partial charge on any atom is -0.397 e. The Hall–Kier alpha value is -5.08. The lowest BCUT2D eigenvalue weighted by molar-refractivity contribution is 0.590. The average molecular weight is 550 g/mol. The number of rotatable bonds is 6. The van der Waals surface area contributed by atoms with Gasteiger partial charge in [0.15, 0.2) is 0 Å². The van der Waals surface area contributed by atoms with Gasteiger partial charge in [-0.2, -0.15) is 0 Å². The summed E-state index contributed by atoms with van der Waals surface area (Å²) in [6, 6.07) is 36.9. The molecule has 0 aliphatic carbocycles. The van der Waals surface area contributed by atoms with Crippen LogP contribution in [0.15, 0.2) is 145 Å². The summed E-state index contributed by atoms with van der Waals surface area (Å²) < 4.78 is 42.2. The van der Waals surface area contributed by atoms with Crippen LogP contribution in [0.25, 0.3) is 44.5 Å². The summed E-state index contributed by atoms with van der Waals surface area (Å²) in [7, 11) is 0. The van der Waals surface area contributed by atoms with Gasteiger partial charge < -0.3 is 11.1 Å². The van der Waals surface area contributed by atoms with E-state index in [-0.39, 0.29) is 35.1 Å². The molecule has 206 valence electrons. The Morgan fingerprint density at radius 1 is 0.548 bits per heavy atom. The molecule has 0 unspecified atom stereocenters. The fraction of sp³-hybridized carbons (Fsp3) is 0.100. The minimum atomic E-state index is -0.409. The van der Waals surface area contributed by atoms with Crippen LogP contribution in [0.2, 0.25) is 0 Å². The first-order valence-electron chi connectivity index (χ1n) is 16.6. The molecule has 0 saturated carbocycles. The van der Waals surface area contributed by atoms with Crippen LogP contribution in [-0.4, -0.2) is 0 Å². The Bertz CT molecular complexity index is 2090. The van der Waals surface area contributed by atoms with Crippen LogP contribution < -0.4 is 11.1 Å². The normalized spacial score (nSPS) is 13.0. The quantitative estimate of drug-likeness (QED) is 0.203. The Morgan fingerprint density at radius 3 is 1.88 bits per heavy atom. The molecule has 0 radical (unpaired) electrons. The topological polar surface area (TPSA) is 38.0 Å². The molecule has 0 fully saturated rings. The number of hydrogen-bond acceptors (Lipinski definition) is 2. The van der Waals surface area contributed by atoms with Crippen LogP contribution >= 0.6 is 0 Å². The maximum atomic E-state index is 8.73. The Balaban J connectivity index is 1.63. The summed E-state index contributed by atoms with van der Waals surface area (Å²) in [6.07, 6.45) is 0. The number of nitrogens with two attached hydrogens (primary N) is 1. The van der Waals surface area contributed by atoms with Crippen LogP contribution in [0.3, 0.4) is 0 Å². The molecule has 2 heteroatoms. The van der Waals surface area contributed by atoms with Crippen LogP contribution in [0.4, 0.5) is 17.1 Å². The van der Waals surface area contributed by atoms with Crippen molar-refractivity contribution in [3.63, 3.8) is 0 Å². The van der Waals surface area contributed by atoms with Crippen LogP contribution in [0, 0.1) is 0 Å². The van der Waals surface area contributed by atoms with Crippen molar-refractivity contribution in [1.29, 1.82) is 0 Å². The van der Waals surface area contributed by atoms with E-state index in [1.165, 1.54) is 0 Å². The van der Waals surface area contributed by atoms with Crippen LogP contribution in [0.5, 0.6) is 0 Å². The van der Waals surface area contributed by atoms with Crippen molar-refractivity contribution >= 4 is 17.1 Å². The largest absolute Gasteiger partial charge is 0.397 e. The zero-order valence-corrected chi connectivity index (χ0v) is 24.0. The summed E-state index contributed by atoms with van der Waals surface area (Å²) >= 11 is 0. The van der Waals surface area contributed by atoms with Gasteiger partial charge in [0.1, 0.15) is 0 Å². The van der Waals surface area contributed by atoms with Crippen molar-refractivity contribution in [2.24, 2.45) is 0 Å². The van der Waals surface area contributed by atoms with Gasteiger partial charge in [-0.1, -0.05) is 142 Å². The van der Waals surface area contributed by atoms with Crippen molar-refractivity contribution in [3.05, 3.63) is 151 Å². The predicted molar refractivity (Wildman–Crippen MR) is 181 cm³/mol. The monoisotopic (exact) mass is 549 g/mol. The zero-order valence-electron chi connectivity index (χ0n) is 29.0. The van der Waals surface area contributed by atoms with Gasteiger partial charge in [0, 0.05) is 11.1 Å². The third-order valence-electron chi connectivity index (χ3n) is 7.46. The van der Waals surface area contributed by atoms with Gasteiger partial charge in [0.25, 0.3) is 0 Å². The van der Waals surface area contributed by atoms with Crippen molar-refractivity contribution in [1.82, 2.24) is 0 Å². The highest BCUT2D eigenvalue weighted by molar-refractivity contribution is 5.95. The summed E-state index contributed by atoms with van der Waals surface area (Å²) in [5, 5.41) is 3.65. The van der Waals surface area contributed by atoms with E-state index < -0.39 is 6.04 Å². The van der Waals surface area contributed by atoms with Gasteiger partial charge in [-0.25, -0.2) is 0 Å². The van der Waals surface area contributed by atoms with Gasteiger partial charge in [-0.05, 0) is 68.6 Å². The highest BCUT2D eigenvalue weighted by Gasteiger charge is 2.19. The summed E-state index contributed by atoms with van der Waals surface area (Å²) in [4.78, 5) is 0. The number of para-hydroxylation sites is 3. The highest BCUT2D eigenvalue weighted by atomic mass is 14.9. The van der Waals surface area contributed by atoms with Crippen LogP contribution in [-0.2, 0) is 5.41 Å². The second-order valence-electron chi connectivity index (χ2n) is 11.4. The van der Waals surface area contributed by atoms with Crippen LogP contribution in [0.1, 0.15) is 33.2 Å². The molecule has 0 atom stereocenters. The SMILES string of the molecule is [2H]c1c([2H])c([2H])c(-c2cc(-c3cccc(-c4cccc(-c5ccccc5)c4)c3Nc3ccccc3N)cc(C(C)(C)C)c2)c([2H])c1[2H]. The lowest BCUT2D eigenvalue weighted by Gasteiger charge is -2.24. The van der Waals surface area contributed by atoms with E-state index in [2.05, 4.69) is 74.6 Å². The first-order chi connectivity index (χ1) is 22.4. The number of nitrogen functional groups attached to an aromatic ring is 1. The molecular formula is C40H36N2. The van der Waals surface area contributed by atoms with Crippen molar-refractivity contribution in [2.45, 2.75) is 26.2 Å². The molecule has 0 aromatic heterocycles. The van der Waals surface area contributed by atoms with Gasteiger partial charge in [-0.3, -0.25) is 0 Å². The molecule has 0 bridgehead atoms. The maximum absolute atomic E-state index is 8.73. The van der Waals surface area contributed by atoms with Crippen molar-refractivity contribution in [3.8, 4) is 44.5 Å². The minimum absolute atomic E-state index is 0.178. The molecule has 2 nitrogen and oxygen atoms in total. The number of benzene rings is 6. The van der Waals surface area contributed by atoms with Gasteiger partial charge >= 0.3 is 0 Å². The fourth-order valence-corrected chi connectivity index (χ4v) is 5.17. The summed E-state index contributed by atoms with van der Waals surface area (Å²) in [5.74, 6) is 0. The van der Waals surface area contributed by atoms with Crippen molar-refractivity contribution < 1.29 is 6.85 Å². The van der Waals surface area contributed by atoms with E-state index in [4.69, 9.17) is 12.6 Å². The molecule has 6 aromatic carbocycles. The Kier molecular flexibility index (Phi) is 5.89. The standard InChI is InChI=1S/C40H36N2/c1-40(2,3)34-26-32(29-16-8-5-9-17-29)25-33(27-34)36-21-13-20-35(39(36)42-38-23-11-10-22-37(38)41)31-19-12-18-30(24-31)28-14-6-4-7-15-28/h4-27,42H,41H2,1-3H3/i5D,8D,9D,16D,17D. The molecule has 0 aliphatic rings. The number of hydrogen-bond donors (Lipinski definition) is 2. The first-order valence-corrected chi connectivity index (χ1v) is 14.1. The number of anilines is 3. The molecule has 6 rings (SSSR count). The maximum Gasteiger partial charge on any atom is 0.0629 e. The average Bonchev–Trinajstić information content (AvgIpc) is 3.07. The van der Waals surface area contributed by atoms with E-state index in [1.807, 2.05) is 66.7 Å². The smallest absolute Gasteiger partial charge is 0.0629 e. The highest BCUT2D eigenvalue weighted by Crippen LogP contribution is 2.43. The van der Waals surface area contributed by atoms with E-state index in [9.17, 15) is 0 Å². The molecule has 0 amide bonds. The first kappa shape index (κ1) is 21.6. The third-order valence-corrected chi connectivity index (χ3v) is 7.46. The molecule has 0 saturated heterocycles. The summed E-state index contributed by atoms with van der Waals surface area (Å²) in [6.45, 7) is 6.31. The predicted octanol–water partition coefficient (Wildman–Crippen LogP) is 11.0. The molecule has 0 heterocycles. The molecule has 42 heavy (non-hydrogen) atoms. The third kappa shape index (κ3) is 5.70. The fourth-order valence-electron chi connectivity index (χ4n) is 5.17.